The van der Waals surface area contributed by atoms with Crippen molar-refractivity contribution in [1.29, 1.82) is 0 Å². The molecule has 0 bridgehead atoms. The van der Waals surface area contributed by atoms with E-state index < -0.39 is 10.0 Å². The summed E-state index contributed by atoms with van der Waals surface area (Å²) in [6, 6.07) is 17.4. The highest BCUT2D eigenvalue weighted by Crippen LogP contribution is 2.20. The summed E-state index contributed by atoms with van der Waals surface area (Å²) in [5.74, 6) is 0.212. The van der Waals surface area contributed by atoms with E-state index in [-0.39, 0.29) is 12.4 Å². The number of morpholine rings is 1. The molecule has 31 heavy (non-hydrogen) atoms. The van der Waals surface area contributed by atoms with E-state index in [0.29, 0.717) is 19.1 Å². The lowest BCUT2D eigenvalue weighted by molar-refractivity contribution is 0.0366. The first-order valence-electron chi connectivity index (χ1n) is 10.5. The van der Waals surface area contributed by atoms with Gasteiger partial charge in [-0.15, -0.1) is 0 Å². The number of ether oxygens (including phenoxy) is 2. The van der Waals surface area contributed by atoms with Crippen LogP contribution < -0.4 is 4.72 Å². The third-order valence-electron chi connectivity index (χ3n) is 5.25. The Balaban J connectivity index is 1.40. The summed E-state index contributed by atoms with van der Waals surface area (Å²) < 4.78 is 40.9. The number of anilines is 1. The maximum Gasteiger partial charge on any atom is 0.237 e. The molecule has 1 aliphatic heterocycles. The van der Waals surface area contributed by atoms with E-state index in [0.717, 1.165) is 49.4 Å². The molecule has 0 unspecified atom stereocenters. The molecule has 1 fully saturated rings. The second kappa shape index (κ2) is 10.2. The molecule has 0 atom stereocenters. The van der Waals surface area contributed by atoms with Crippen molar-refractivity contribution in [3.63, 3.8) is 0 Å². The maximum absolute atomic E-state index is 12.7. The molecular formula is C22H28N4O4S. The topological polar surface area (TPSA) is 85.7 Å². The third kappa shape index (κ3) is 6.04. The number of para-hydroxylation sites is 2. The lowest BCUT2D eigenvalue weighted by Gasteiger charge is -2.27. The zero-order valence-electron chi connectivity index (χ0n) is 17.4. The second-order valence-electron chi connectivity index (χ2n) is 7.49. The Bertz CT molecular complexity index is 1080. The van der Waals surface area contributed by atoms with Crippen molar-refractivity contribution in [3.8, 4) is 0 Å². The van der Waals surface area contributed by atoms with Crippen molar-refractivity contribution in [3.05, 3.63) is 60.2 Å². The summed E-state index contributed by atoms with van der Waals surface area (Å²) in [6.07, 6.45) is 0. The van der Waals surface area contributed by atoms with Crippen LogP contribution in [0.15, 0.2) is 54.6 Å². The fourth-order valence-electron chi connectivity index (χ4n) is 3.57. The number of hydrogen-bond donors (Lipinski definition) is 1. The maximum atomic E-state index is 12.7. The first-order valence-corrected chi connectivity index (χ1v) is 12.1. The van der Waals surface area contributed by atoms with Gasteiger partial charge in [0.15, 0.2) is 0 Å². The first kappa shape index (κ1) is 21.8. The molecule has 1 N–H and O–H groups in total. The summed E-state index contributed by atoms with van der Waals surface area (Å²) >= 11 is 0. The van der Waals surface area contributed by atoms with Crippen molar-refractivity contribution < 1.29 is 17.9 Å². The second-order valence-corrected chi connectivity index (χ2v) is 9.33. The molecule has 0 saturated carbocycles. The summed E-state index contributed by atoms with van der Waals surface area (Å²) in [6.45, 7) is 5.16. The molecule has 0 spiro atoms. The van der Waals surface area contributed by atoms with Crippen LogP contribution >= 0.6 is 0 Å². The van der Waals surface area contributed by atoms with Gasteiger partial charge in [0.2, 0.25) is 16.0 Å². The van der Waals surface area contributed by atoms with E-state index in [9.17, 15) is 8.42 Å². The number of nitrogens with zero attached hydrogens (tertiary/aromatic N) is 3. The number of benzene rings is 2. The van der Waals surface area contributed by atoms with Crippen molar-refractivity contribution >= 4 is 27.0 Å². The van der Waals surface area contributed by atoms with Crippen LogP contribution in [0.2, 0.25) is 0 Å². The molecule has 0 radical (unpaired) electrons. The van der Waals surface area contributed by atoms with E-state index >= 15 is 0 Å². The summed E-state index contributed by atoms with van der Waals surface area (Å²) in [4.78, 5) is 6.84. The van der Waals surface area contributed by atoms with Crippen molar-refractivity contribution in [2.45, 2.75) is 13.2 Å². The number of rotatable bonds is 10. The summed E-state index contributed by atoms with van der Waals surface area (Å²) in [7, 11) is -3.59. The minimum atomic E-state index is -3.59. The van der Waals surface area contributed by atoms with Crippen LogP contribution in [0.5, 0.6) is 0 Å². The van der Waals surface area contributed by atoms with Crippen LogP contribution in [0.3, 0.4) is 0 Å². The minimum Gasteiger partial charge on any atom is -0.379 e. The van der Waals surface area contributed by atoms with Gasteiger partial charge in [-0.25, -0.2) is 13.4 Å². The van der Waals surface area contributed by atoms with Gasteiger partial charge in [-0.2, -0.15) is 0 Å². The highest BCUT2D eigenvalue weighted by Gasteiger charge is 2.18. The number of imidazole rings is 1. The van der Waals surface area contributed by atoms with Crippen LogP contribution in [0.1, 0.15) is 5.56 Å². The minimum absolute atomic E-state index is 0.109. The zero-order valence-corrected chi connectivity index (χ0v) is 18.3. The van der Waals surface area contributed by atoms with Gasteiger partial charge in [-0.1, -0.05) is 42.5 Å². The Labute approximate surface area is 182 Å². The van der Waals surface area contributed by atoms with E-state index in [1.54, 1.807) is 0 Å². The average Bonchev–Trinajstić information content (AvgIpc) is 3.13. The largest absolute Gasteiger partial charge is 0.379 e. The average molecular weight is 445 g/mol. The number of fused-ring (bicyclic) bond motifs is 1. The van der Waals surface area contributed by atoms with Gasteiger partial charge >= 0.3 is 0 Å². The summed E-state index contributed by atoms with van der Waals surface area (Å²) in [5, 5.41) is 0. The zero-order chi connectivity index (χ0) is 21.5. The predicted molar refractivity (Wildman–Crippen MR) is 120 cm³/mol. The quantitative estimate of drug-likeness (QED) is 0.483. The fourth-order valence-corrected chi connectivity index (χ4v) is 4.44. The molecule has 166 valence electrons. The molecule has 1 aliphatic rings. The Morgan fingerprint density at radius 3 is 2.55 bits per heavy atom. The normalized spacial score (nSPS) is 15.4. The van der Waals surface area contributed by atoms with E-state index in [2.05, 4.69) is 14.6 Å². The lowest BCUT2D eigenvalue weighted by Crippen LogP contribution is -2.38. The van der Waals surface area contributed by atoms with E-state index in [1.165, 1.54) is 0 Å². The monoisotopic (exact) mass is 444 g/mol. The van der Waals surface area contributed by atoms with Gasteiger partial charge in [-0.3, -0.25) is 9.62 Å². The van der Waals surface area contributed by atoms with Gasteiger partial charge < -0.3 is 14.0 Å². The molecule has 3 aromatic rings. The van der Waals surface area contributed by atoms with Gasteiger partial charge in [0.1, 0.15) is 0 Å². The highest BCUT2D eigenvalue weighted by atomic mass is 32.2. The number of nitrogens with one attached hydrogen (secondary N) is 1. The van der Waals surface area contributed by atoms with Crippen LogP contribution in [0, 0.1) is 0 Å². The van der Waals surface area contributed by atoms with Gasteiger partial charge in [-0.05, 0) is 17.7 Å². The highest BCUT2D eigenvalue weighted by molar-refractivity contribution is 7.92. The van der Waals surface area contributed by atoms with E-state index in [1.807, 2.05) is 59.2 Å². The Morgan fingerprint density at radius 1 is 1.00 bits per heavy atom. The molecule has 4 rings (SSSR count). The van der Waals surface area contributed by atoms with Crippen molar-refractivity contribution in [2.24, 2.45) is 0 Å². The smallest absolute Gasteiger partial charge is 0.237 e. The van der Waals surface area contributed by atoms with E-state index in [4.69, 9.17) is 9.47 Å². The van der Waals surface area contributed by atoms with Gasteiger partial charge in [0.25, 0.3) is 0 Å². The third-order valence-corrected chi connectivity index (χ3v) is 6.45. The molecule has 0 amide bonds. The molecule has 9 heteroatoms. The molecule has 2 heterocycles. The standard InChI is InChI=1S/C22H28N4O4S/c27-31(28,17-16-30-18-19-6-2-1-3-7-19)24-22-23-20-8-4-5-9-21(20)26(22)11-10-25-12-14-29-15-13-25/h1-9H,10-18H2,(H,23,24). The molecular weight excluding hydrogens is 416 g/mol. The van der Waals surface area contributed by atoms with Crippen LogP contribution in [-0.2, 0) is 32.6 Å². The SMILES string of the molecule is O=S(=O)(CCOCc1ccccc1)Nc1nc2ccccc2n1CCN1CCOCC1. The molecule has 0 aliphatic carbocycles. The van der Waals surface area contributed by atoms with Crippen molar-refractivity contribution in [1.82, 2.24) is 14.5 Å². The summed E-state index contributed by atoms with van der Waals surface area (Å²) in [5.41, 5.74) is 2.69. The van der Waals surface area contributed by atoms with Crippen LogP contribution in [0.4, 0.5) is 5.95 Å². The predicted octanol–water partition coefficient (Wildman–Crippen LogP) is 2.33. The van der Waals surface area contributed by atoms with Crippen molar-refractivity contribution in [2.75, 3.05) is 49.9 Å². The molecule has 8 nitrogen and oxygen atoms in total. The number of hydrogen-bond acceptors (Lipinski definition) is 6. The number of aromatic nitrogens is 2. The first-order chi connectivity index (χ1) is 15.1. The Kier molecular flexibility index (Phi) is 7.18. The Morgan fingerprint density at radius 2 is 1.74 bits per heavy atom. The molecule has 1 saturated heterocycles. The van der Waals surface area contributed by atoms with Gasteiger partial charge in [0.05, 0.1) is 43.2 Å². The van der Waals surface area contributed by atoms with Crippen LogP contribution in [0.25, 0.3) is 11.0 Å². The fraction of sp³-hybridized carbons (Fsp3) is 0.409. The molecule has 1 aromatic heterocycles. The molecule has 2 aromatic carbocycles. The lowest BCUT2D eigenvalue weighted by atomic mass is 10.2. The van der Waals surface area contributed by atoms with Crippen LogP contribution in [-0.4, -0.2) is 68.1 Å². The van der Waals surface area contributed by atoms with Gasteiger partial charge in [0, 0.05) is 26.2 Å². The Hall–Kier alpha value is -2.46. The number of sulfonamides is 1.